The van der Waals surface area contributed by atoms with Gasteiger partial charge in [0.15, 0.2) is 0 Å². The minimum atomic E-state index is -3.82. The molecule has 10 heteroatoms. The van der Waals surface area contributed by atoms with E-state index in [9.17, 15) is 17.6 Å². The van der Waals surface area contributed by atoms with Gasteiger partial charge < -0.3 is 5.32 Å². The Morgan fingerprint density at radius 1 is 1.18 bits per heavy atom. The van der Waals surface area contributed by atoms with Gasteiger partial charge in [-0.2, -0.15) is 5.10 Å². The molecule has 0 spiro atoms. The van der Waals surface area contributed by atoms with E-state index in [-0.39, 0.29) is 28.1 Å². The SMILES string of the molecule is CC(=O)Nc1ccc(S(=O)(=O)Nc2cnn(Cc3ccc(F)cc3Cl)c2)cc1. The van der Waals surface area contributed by atoms with Crippen molar-refractivity contribution in [1.29, 1.82) is 0 Å². The molecule has 7 nitrogen and oxygen atoms in total. The van der Waals surface area contributed by atoms with E-state index < -0.39 is 15.8 Å². The van der Waals surface area contributed by atoms with Gasteiger partial charge in [-0.25, -0.2) is 12.8 Å². The van der Waals surface area contributed by atoms with Crippen LogP contribution in [0.4, 0.5) is 15.8 Å². The first-order valence-corrected chi connectivity index (χ1v) is 9.96. The molecule has 28 heavy (non-hydrogen) atoms. The van der Waals surface area contributed by atoms with Crippen LogP contribution in [0, 0.1) is 5.82 Å². The maximum Gasteiger partial charge on any atom is 0.261 e. The summed E-state index contributed by atoms with van der Waals surface area (Å²) in [5.41, 5.74) is 1.41. The zero-order chi connectivity index (χ0) is 20.3. The lowest BCUT2D eigenvalue weighted by Gasteiger charge is -2.07. The largest absolute Gasteiger partial charge is 0.326 e. The highest BCUT2D eigenvalue weighted by molar-refractivity contribution is 7.92. The average Bonchev–Trinajstić information content (AvgIpc) is 3.03. The van der Waals surface area contributed by atoms with Crippen LogP contribution < -0.4 is 10.0 Å². The van der Waals surface area contributed by atoms with Crippen LogP contribution in [0.25, 0.3) is 0 Å². The van der Waals surface area contributed by atoms with E-state index in [2.05, 4.69) is 15.1 Å². The summed E-state index contributed by atoms with van der Waals surface area (Å²) < 4.78 is 42.0. The first-order chi connectivity index (χ1) is 13.2. The van der Waals surface area contributed by atoms with Crippen molar-refractivity contribution in [3.63, 3.8) is 0 Å². The Labute approximate surface area is 166 Å². The second-order valence-electron chi connectivity index (χ2n) is 5.97. The zero-order valence-corrected chi connectivity index (χ0v) is 16.3. The van der Waals surface area contributed by atoms with Gasteiger partial charge in [-0.1, -0.05) is 17.7 Å². The lowest BCUT2D eigenvalue weighted by Crippen LogP contribution is -2.13. The first-order valence-electron chi connectivity index (χ1n) is 8.10. The van der Waals surface area contributed by atoms with Crippen molar-refractivity contribution < 1.29 is 17.6 Å². The molecule has 2 aromatic carbocycles. The van der Waals surface area contributed by atoms with Crippen molar-refractivity contribution in [3.05, 3.63) is 71.3 Å². The van der Waals surface area contributed by atoms with Gasteiger partial charge in [0.05, 0.1) is 23.3 Å². The molecule has 0 bridgehead atoms. The first kappa shape index (κ1) is 19.8. The third kappa shape index (κ3) is 4.87. The summed E-state index contributed by atoms with van der Waals surface area (Å²) in [7, 11) is -3.82. The highest BCUT2D eigenvalue weighted by atomic mass is 35.5. The Balaban J connectivity index is 1.72. The molecule has 2 N–H and O–H groups in total. The summed E-state index contributed by atoms with van der Waals surface area (Å²) >= 11 is 6.00. The number of nitrogens with zero attached hydrogens (tertiary/aromatic N) is 2. The number of anilines is 2. The van der Waals surface area contributed by atoms with E-state index >= 15 is 0 Å². The number of benzene rings is 2. The molecule has 1 aromatic heterocycles. The predicted molar refractivity (Wildman–Crippen MR) is 104 cm³/mol. The van der Waals surface area contributed by atoms with Gasteiger partial charge in [-0.3, -0.25) is 14.2 Å². The Hall–Kier alpha value is -2.91. The Bertz CT molecular complexity index is 1110. The highest BCUT2D eigenvalue weighted by Gasteiger charge is 2.15. The maximum atomic E-state index is 13.1. The quantitative estimate of drug-likeness (QED) is 0.636. The van der Waals surface area contributed by atoms with Crippen LogP contribution >= 0.6 is 11.6 Å². The van der Waals surface area contributed by atoms with E-state index in [1.165, 1.54) is 60.4 Å². The van der Waals surface area contributed by atoms with Crippen molar-refractivity contribution in [2.75, 3.05) is 10.0 Å². The number of carbonyl (C=O) groups is 1. The zero-order valence-electron chi connectivity index (χ0n) is 14.7. The van der Waals surface area contributed by atoms with Gasteiger partial charge in [0, 0.05) is 23.8 Å². The van der Waals surface area contributed by atoms with Crippen LogP contribution in [0.15, 0.2) is 59.8 Å². The van der Waals surface area contributed by atoms with Crippen molar-refractivity contribution in [2.45, 2.75) is 18.4 Å². The van der Waals surface area contributed by atoms with Crippen LogP contribution in [0.3, 0.4) is 0 Å². The molecular formula is C18H16ClFN4O3S. The number of hydrogen-bond acceptors (Lipinski definition) is 4. The molecule has 0 aliphatic heterocycles. The Morgan fingerprint density at radius 2 is 1.89 bits per heavy atom. The minimum absolute atomic E-state index is 0.0379. The Kier molecular flexibility index (Phi) is 5.66. The third-order valence-corrected chi connectivity index (χ3v) is 5.47. The number of carbonyl (C=O) groups excluding carboxylic acids is 1. The van der Waals surface area contributed by atoms with Crippen LogP contribution in [0.5, 0.6) is 0 Å². The van der Waals surface area contributed by atoms with Gasteiger partial charge in [0.25, 0.3) is 10.0 Å². The topological polar surface area (TPSA) is 93.1 Å². The summed E-state index contributed by atoms with van der Waals surface area (Å²) in [6.07, 6.45) is 2.86. The molecule has 0 atom stereocenters. The van der Waals surface area contributed by atoms with Crippen molar-refractivity contribution in [2.24, 2.45) is 0 Å². The second kappa shape index (κ2) is 7.99. The molecule has 0 aliphatic carbocycles. The third-order valence-electron chi connectivity index (χ3n) is 3.72. The normalized spacial score (nSPS) is 11.2. The van der Waals surface area contributed by atoms with Crippen LogP contribution in [-0.2, 0) is 21.4 Å². The van der Waals surface area contributed by atoms with Crippen molar-refractivity contribution in [3.8, 4) is 0 Å². The van der Waals surface area contributed by atoms with Gasteiger partial charge in [0.2, 0.25) is 5.91 Å². The molecule has 1 amide bonds. The van der Waals surface area contributed by atoms with E-state index in [0.717, 1.165) is 0 Å². The number of rotatable bonds is 6. The standard InChI is InChI=1S/C18H16ClFN4O3S/c1-12(25)22-15-4-6-17(7-5-15)28(26,27)23-16-9-21-24(11-16)10-13-2-3-14(20)8-18(13)19/h2-9,11,23H,10H2,1H3,(H,22,25). The highest BCUT2D eigenvalue weighted by Crippen LogP contribution is 2.20. The summed E-state index contributed by atoms with van der Waals surface area (Å²) in [5, 5.41) is 6.92. The average molecular weight is 423 g/mol. The fourth-order valence-electron chi connectivity index (χ4n) is 2.46. The fourth-order valence-corrected chi connectivity index (χ4v) is 3.72. The fraction of sp³-hybridized carbons (Fsp3) is 0.111. The number of aromatic nitrogens is 2. The van der Waals surface area contributed by atoms with Gasteiger partial charge in [-0.05, 0) is 42.0 Å². The molecule has 146 valence electrons. The molecule has 0 saturated carbocycles. The molecular weight excluding hydrogens is 407 g/mol. The van der Waals surface area contributed by atoms with Gasteiger partial charge in [-0.15, -0.1) is 0 Å². The Morgan fingerprint density at radius 3 is 2.54 bits per heavy atom. The van der Waals surface area contributed by atoms with E-state index in [1.807, 2.05) is 0 Å². The van der Waals surface area contributed by atoms with Gasteiger partial charge >= 0.3 is 0 Å². The molecule has 0 aliphatic rings. The van der Waals surface area contributed by atoms with Crippen LogP contribution in [0.1, 0.15) is 12.5 Å². The molecule has 3 rings (SSSR count). The lowest BCUT2D eigenvalue weighted by atomic mass is 10.2. The molecule has 0 unspecified atom stereocenters. The number of amides is 1. The smallest absolute Gasteiger partial charge is 0.261 e. The number of hydrogen-bond donors (Lipinski definition) is 2. The van der Waals surface area contributed by atoms with E-state index in [1.54, 1.807) is 6.07 Å². The lowest BCUT2D eigenvalue weighted by molar-refractivity contribution is -0.114. The predicted octanol–water partition coefficient (Wildman–Crippen LogP) is 3.48. The molecule has 3 aromatic rings. The number of halogens is 2. The summed E-state index contributed by atoms with van der Waals surface area (Å²) in [6, 6.07) is 9.80. The van der Waals surface area contributed by atoms with Crippen LogP contribution in [0.2, 0.25) is 5.02 Å². The summed E-state index contributed by atoms with van der Waals surface area (Å²) in [6.45, 7) is 1.62. The second-order valence-corrected chi connectivity index (χ2v) is 8.06. The monoisotopic (exact) mass is 422 g/mol. The summed E-state index contributed by atoms with van der Waals surface area (Å²) in [5.74, 6) is -0.686. The number of sulfonamides is 1. The number of nitrogens with one attached hydrogen (secondary N) is 2. The summed E-state index contributed by atoms with van der Waals surface area (Å²) in [4.78, 5) is 11.1. The van der Waals surface area contributed by atoms with E-state index in [4.69, 9.17) is 11.6 Å². The van der Waals surface area contributed by atoms with Crippen molar-refractivity contribution in [1.82, 2.24) is 9.78 Å². The van der Waals surface area contributed by atoms with Crippen molar-refractivity contribution >= 4 is 38.9 Å². The molecule has 0 radical (unpaired) electrons. The van der Waals surface area contributed by atoms with Crippen LogP contribution in [-0.4, -0.2) is 24.1 Å². The van der Waals surface area contributed by atoms with Gasteiger partial charge in [0.1, 0.15) is 5.82 Å². The molecule has 1 heterocycles. The molecule has 0 fully saturated rings. The van der Waals surface area contributed by atoms with E-state index in [0.29, 0.717) is 11.3 Å². The minimum Gasteiger partial charge on any atom is -0.326 e. The molecule has 0 saturated heterocycles. The maximum absolute atomic E-state index is 13.1.